The van der Waals surface area contributed by atoms with E-state index in [2.05, 4.69) is 10.6 Å². The van der Waals surface area contributed by atoms with Crippen LogP contribution in [-0.4, -0.2) is 42.7 Å². The van der Waals surface area contributed by atoms with Crippen molar-refractivity contribution < 1.29 is 28.2 Å². The number of methoxy groups -OCH3 is 1. The zero-order valence-corrected chi connectivity index (χ0v) is 19.8. The molecular formula is C24H23Cl2FN2O5. The number of rotatable bonds is 7. The Bertz CT molecular complexity index is 1140. The van der Waals surface area contributed by atoms with Gasteiger partial charge in [-0.2, -0.15) is 0 Å². The molecule has 0 unspecified atom stereocenters. The van der Waals surface area contributed by atoms with Crippen LogP contribution in [-0.2, 0) is 14.3 Å². The summed E-state index contributed by atoms with van der Waals surface area (Å²) in [5.74, 6) is -0.296. The summed E-state index contributed by atoms with van der Waals surface area (Å²) in [6, 6.07) is 9.26. The van der Waals surface area contributed by atoms with Gasteiger partial charge >= 0.3 is 0 Å². The third kappa shape index (κ3) is 4.30. The molecule has 0 saturated heterocycles. The normalized spacial score (nSPS) is 28.5. The molecule has 6 rings (SSSR count). The molecule has 34 heavy (non-hydrogen) atoms. The number of ether oxygens (including phenoxy) is 3. The van der Waals surface area contributed by atoms with Gasteiger partial charge in [0.1, 0.15) is 17.3 Å². The zero-order chi connectivity index (χ0) is 24.1. The fraction of sp³-hybridized carbons (Fsp3) is 0.417. The summed E-state index contributed by atoms with van der Waals surface area (Å²) >= 11 is 11.7. The molecule has 10 heteroatoms. The van der Waals surface area contributed by atoms with Gasteiger partial charge < -0.3 is 24.8 Å². The van der Waals surface area contributed by atoms with Crippen LogP contribution in [0.3, 0.4) is 0 Å². The Morgan fingerprint density at radius 3 is 2.56 bits per heavy atom. The summed E-state index contributed by atoms with van der Waals surface area (Å²) < 4.78 is 30.3. The summed E-state index contributed by atoms with van der Waals surface area (Å²) in [6.45, 7) is -0.236. The molecule has 3 saturated carbocycles. The first-order valence-electron chi connectivity index (χ1n) is 10.9. The Balaban J connectivity index is 1.11. The molecule has 1 aliphatic heterocycles. The van der Waals surface area contributed by atoms with Crippen molar-refractivity contribution in [3.8, 4) is 11.5 Å². The molecule has 2 atom stereocenters. The van der Waals surface area contributed by atoms with Crippen molar-refractivity contribution in [3.05, 3.63) is 57.8 Å². The van der Waals surface area contributed by atoms with Gasteiger partial charge in [0.25, 0.3) is 11.8 Å². The third-order valence-corrected chi connectivity index (χ3v) is 7.22. The Morgan fingerprint density at radius 1 is 1.12 bits per heavy atom. The van der Waals surface area contributed by atoms with Crippen molar-refractivity contribution in [1.29, 1.82) is 0 Å². The quantitative estimate of drug-likeness (QED) is 0.591. The summed E-state index contributed by atoms with van der Waals surface area (Å²) in [4.78, 5) is 25.2. The molecule has 2 aromatic rings. The molecule has 3 aliphatic carbocycles. The van der Waals surface area contributed by atoms with Crippen molar-refractivity contribution in [2.75, 3.05) is 13.7 Å². The summed E-state index contributed by atoms with van der Waals surface area (Å²) in [5, 5.41) is 6.64. The van der Waals surface area contributed by atoms with E-state index in [0.717, 1.165) is 11.6 Å². The minimum atomic E-state index is -0.675. The lowest BCUT2D eigenvalue weighted by molar-refractivity contribution is -0.155. The predicted molar refractivity (Wildman–Crippen MR) is 123 cm³/mol. The number of hydrogen-bond donors (Lipinski definition) is 2. The number of carbonyl (C=O) groups excluding carboxylic acids is 2. The molecule has 1 heterocycles. The highest BCUT2D eigenvalue weighted by molar-refractivity contribution is 6.31. The fourth-order valence-electron chi connectivity index (χ4n) is 5.23. The van der Waals surface area contributed by atoms with E-state index in [4.69, 9.17) is 37.4 Å². The SMILES string of the molecule is CO[C@@H]1C[C@H](C(=O)NC23CC(NC(=O)COc4ccc(Cl)c(F)c4)(C2)C3)Oc2ccc(Cl)cc21. The molecular weight excluding hydrogens is 486 g/mol. The highest BCUT2D eigenvalue weighted by Gasteiger charge is 2.69. The first-order valence-corrected chi connectivity index (χ1v) is 11.7. The smallest absolute Gasteiger partial charge is 0.261 e. The second-order valence-corrected chi connectivity index (χ2v) is 10.1. The number of fused-ring (bicyclic) bond motifs is 1. The fourth-order valence-corrected chi connectivity index (χ4v) is 5.53. The topological polar surface area (TPSA) is 85.9 Å². The molecule has 3 fully saturated rings. The highest BCUT2D eigenvalue weighted by Crippen LogP contribution is 2.60. The molecule has 2 bridgehead atoms. The number of halogens is 3. The molecule has 2 N–H and O–H groups in total. The molecule has 4 aliphatic rings. The monoisotopic (exact) mass is 508 g/mol. The lowest BCUT2D eigenvalue weighted by Crippen LogP contribution is -2.84. The highest BCUT2D eigenvalue weighted by atomic mass is 35.5. The first-order chi connectivity index (χ1) is 16.2. The Morgan fingerprint density at radius 2 is 1.85 bits per heavy atom. The van der Waals surface area contributed by atoms with Crippen LogP contribution in [0.2, 0.25) is 10.0 Å². The van der Waals surface area contributed by atoms with E-state index in [9.17, 15) is 14.0 Å². The van der Waals surface area contributed by atoms with Crippen LogP contribution < -0.4 is 20.1 Å². The maximum atomic E-state index is 13.5. The number of benzene rings is 2. The minimum Gasteiger partial charge on any atom is -0.484 e. The number of amides is 2. The van der Waals surface area contributed by atoms with Crippen molar-refractivity contribution in [1.82, 2.24) is 10.6 Å². The van der Waals surface area contributed by atoms with Gasteiger partial charge in [0.15, 0.2) is 12.7 Å². The largest absolute Gasteiger partial charge is 0.484 e. The average molecular weight is 509 g/mol. The second-order valence-electron chi connectivity index (χ2n) is 9.24. The van der Waals surface area contributed by atoms with Gasteiger partial charge in [-0.25, -0.2) is 4.39 Å². The van der Waals surface area contributed by atoms with Crippen molar-refractivity contribution in [3.63, 3.8) is 0 Å². The number of carbonyl (C=O) groups is 2. The van der Waals surface area contributed by atoms with Gasteiger partial charge in [-0.3, -0.25) is 9.59 Å². The second kappa shape index (κ2) is 8.59. The van der Waals surface area contributed by atoms with Gasteiger partial charge in [0, 0.05) is 41.3 Å². The van der Waals surface area contributed by atoms with Crippen LogP contribution in [0, 0.1) is 5.82 Å². The molecule has 0 aromatic heterocycles. The van der Waals surface area contributed by atoms with E-state index in [0.29, 0.717) is 36.5 Å². The van der Waals surface area contributed by atoms with Crippen molar-refractivity contribution >= 4 is 35.0 Å². The van der Waals surface area contributed by atoms with Crippen LogP contribution >= 0.6 is 23.2 Å². The van der Waals surface area contributed by atoms with Gasteiger partial charge in [-0.05, 0) is 49.6 Å². The standard InChI is InChI=1S/C24H23Cl2FN2O5/c1-32-19-8-20(34-18-5-2-13(25)6-15(18)19)22(31)29-24-10-23(11-24,12-24)28-21(30)9-33-14-3-4-16(26)17(27)7-14/h2-7,19-20H,8-12H2,1H3,(H,28,30)(H,29,31)/t19-,20-,23?,24?/m1/s1. The number of nitrogens with one attached hydrogen (secondary N) is 2. The number of hydrogen-bond acceptors (Lipinski definition) is 5. The van der Waals surface area contributed by atoms with Crippen molar-refractivity contribution in [2.45, 2.75) is 49.0 Å². The zero-order valence-electron chi connectivity index (χ0n) is 18.3. The molecule has 2 aromatic carbocycles. The first kappa shape index (κ1) is 23.2. The summed E-state index contributed by atoms with van der Waals surface area (Å²) in [5.41, 5.74) is 0.149. The maximum Gasteiger partial charge on any atom is 0.261 e. The Kier molecular flexibility index (Phi) is 5.86. The maximum absolute atomic E-state index is 13.5. The lowest BCUT2D eigenvalue weighted by atomic mass is 9.44. The van der Waals surface area contributed by atoms with Crippen LogP contribution in [0.25, 0.3) is 0 Å². The summed E-state index contributed by atoms with van der Waals surface area (Å²) in [6.07, 6.45) is 1.34. The van der Waals surface area contributed by atoms with Gasteiger partial charge in [-0.15, -0.1) is 0 Å². The molecule has 0 radical (unpaired) electrons. The molecule has 0 spiro atoms. The average Bonchev–Trinajstić information content (AvgIpc) is 2.76. The van der Waals surface area contributed by atoms with E-state index in [1.54, 1.807) is 25.3 Å². The van der Waals surface area contributed by atoms with E-state index < -0.39 is 11.9 Å². The molecule has 2 amide bonds. The Hall–Kier alpha value is -2.55. The predicted octanol–water partition coefficient (Wildman–Crippen LogP) is 3.96. The van der Waals surface area contributed by atoms with E-state index >= 15 is 0 Å². The third-order valence-electron chi connectivity index (χ3n) is 6.68. The lowest BCUT2D eigenvalue weighted by Gasteiger charge is -2.70. The van der Waals surface area contributed by atoms with Crippen LogP contribution in [0.5, 0.6) is 11.5 Å². The van der Waals surface area contributed by atoms with Crippen LogP contribution in [0.4, 0.5) is 4.39 Å². The molecule has 7 nitrogen and oxygen atoms in total. The van der Waals surface area contributed by atoms with E-state index in [1.807, 2.05) is 0 Å². The van der Waals surface area contributed by atoms with E-state index in [1.165, 1.54) is 12.1 Å². The van der Waals surface area contributed by atoms with Gasteiger partial charge in [0.05, 0.1) is 11.1 Å². The van der Waals surface area contributed by atoms with Gasteiger partial charge in [-0.1, -0.05) is 23.2 Å². The minimum absolute atomic E-state index is 0.0111. The van der Waals surface area contributed by atoms with Crippen LogP contribution in [0.15, 0.2) is 36.4 Å². The van der Waals surface area contributed by atoms with Crippen LogP contribution in [0.1, 0.15) is 37.4 Å². The van der Waals surface area contributed by atoms with Crippen molar-refractivity contribution in [2.24, 2.45) is 0 Å². The van der Waals surface area contributed by atoms with E-state index in [-0.39, 0.29) is 46.4 Å². The molecule has 180 valence electrons. The Labute approximate surface area is 205 Å². The summed E-state index contributed by atoms with van der Waals surface area (Å²) in [7, 11) is 1.59. The van der Waals surface area contributed by atoms with Gasteiger partial charge in [0.2, 0.25) is 0 Å².